The number of carbonyl (C=O) groups excluding carboxylic acids is 2. The minimum absolute atomic E-state index is 0.105. The number of ether oxygens (including phenoxy) is 2. The lowest BCUT2D eigenvalue weighted by Gasteiger charge is -2.48. The minimum Gasteiger partial charge on any atom is -0.481 e. The smallest absolute Gasteiger partial charge is 0.308 e. The number of benzene rings is 6. The Morgan fingerprint density at radius 2 is 0.683 bits per heavy atom. The van der Waals surface area contributed by atoms with Crippen molar-refractivity contribution in [3.05, 3.63) is 192 Å². The van der Waals surface area contributed by atoms with Crippen molar-refractivity contribution in [1.82, 2.24) is 9.80 Å². The van der Waals surface area contributed by atoms with Crippen LogP contribution in [0.25, 0.3) is 0 Å². The van der Waals surface area contributed by atoms with Crippen LogP contribution in [0, 0.1) is 23.7 Å². The van der Waals surface area contributed by atoms with Crippen molar-refractivity contribution in [2.75, 3.05) is 13.1 Å². The molecule has 4 unspecified atom stereocenters. The van der Waals surface area contributed by atoms with Crippen LogP contribution in [0.2, 0.25) is 0 Å². The Kier molecular flexibility index (Phi) is 13.3. The molecule has 6 aromatic rings. The van der Waals surface area contributed by atoms with Crippen molar-refractivity contribution in [3.63, 3.8) is 0 Å². The second kappa shape index (κ2) is 19.5. The Balaban J connectivity index is 1.17. The van der Waals surface area contributed by atoms with Gasteiger partial charge in [0, 0.05) is 26.2 Å². The molecule has 10 nitrogen and oxygen atoms in total. The fourth-order valence-corrected chi connectivity index (χ4v) is 7.77. The summed E-state index contributed by atoms with van der Waals surface area (Å²) in [6, 6.07) is 52.4. The number of aliphatic carboxylic acids is 2. The first-order valence-corrected chi connectivity index (χ1v) is 20.0. The first-order valence-electron chi connectivity index (χ1n) is 20.0. The third-order valence-corrected chi connectivity index (χ3v) is 10.9. The third kappa shape index (κ3) is 10.3. The van der Waals surface area contributed by atoms with Crippen LogP contribution < -0.4 is 9.47 Å². The van der Waals surface area contributed by atoms with E-state index >= 15 is 0 Å². The van der Waals surface area contributed by atoms with Gasteiger partial charge in [-0.15, -0.1) is 0 Å². The summed E-state index contributed by atoms with van der Waals surface area (Å²) in [5.41, 5.74) is 3.44. The predicted octanol–water partition coefficient (Wildman–Crippen LogP) is 8.76. The van der Waals surface area contributed by atoms with Gasteiger partial charge in [-0.25, -0.2) is 0 Å². The summed E-state index contributed by atoms with van der Waals surface area (Å²) < 4.78 is 11.9. The Labute approximate surface area is 349 Å². The van der Waals surface area contributed by atoms with Gasteiger partial charge in [0.15, 0.2) is 0 Å². The molecule has 4 atom stereocenters. The molecule has 1 fully saturated rings. The van der Waals surface area contributed by atoms with Crippen LogP contribution in [0.15, 0.2) is 170 Å². The Morgan fingerprint density at radius 3 is 1.00 bits per heavy atom. The van der Waals surface area contributed by atoms with E-state index in [4.69, 9.17) is 9.47 Å². The molecule has 7 rings (SSSR count). The van der Waals surface area contributed by atoms with Crippen LogP contribution in [0.3, 0.4) is 0 Å². The molecule has 0 saturated heterocycles. The first kappa shape index (κ1) is 41.0. The Morgan fingerprint density at radius 1 is 0.383 bits per heavy atom. The molecule has 0 spiro atoms. The molecule has 0 bridgehead atoms. The highest BCUT2D eigenvalue weighted by atomic mass is 16.5. The van der Waals surface area contributed by atoms with Crippen molar-refractivity contribution in [2.45, 2.75) is 25.9 Å². The average Bonchev–Trinajstić information content (AvgIpc) is 3.25. The van der Waals surface area contributed by atoms with Crippen LogP contribution >= 0.6 is 0 Å². The number of carboxylic acids is 2. The summed E-state index contributed by atoms with van der Waals surface area (Å²) in [6.45, 7) is 0.630. The number of para-hydroxylation sites is 2. The van der Waals surface area contributed by atoms with Gasteiger partial charge in [0.1, 0.15) is 23.0 Å². The summed E-state index contributed by atoms with van der Waals surface area (Å²) in [6.07, 6.45) is 0.917. The quantitative estimate of drug-likeness (QED) is 0.0882. The molecule has 6 aromatic carbocycles. The molecule has 1 aliphatic rings. The van der Waals surface area contributed by atoms with Gasteiger partial charge in [-0.05, 0) is 83.6 Å². The first-order chi connectivity index (χ1) is 29.2. The van der Waals surface area contributed by atoms with Crippen LogP contribution in [-0.2, 0) is 45.1 Å². The van der Waals surface area contributed by atoms with Crippen molar-refractivity contribution >= 4 is 23.8 Å². The molecule has 0 aromatic heterocycles. The van der Waals surface area contributed by atoms with E-state index in [1.807, 2.05) is 146 Å². The summed E-state index contributed by atoms with van der Waals surface area (Å²) in [7, 11) is 0. The van der Waals surface area contributed by atoms with Gasteiger partial charge in [-0.1, -0.05) is 121 Å². The van der Waals surface area contributed by atoms with E-state index in [2.05, 4.69) is 0 Å². The zero-order valence-corrected chi connectivity index (χ0v) is 33.0. The van der Waals surface area contributed by atoms with Gasteiger partial charge in [-0.3, -0.25) is 19.2 Å². The fraction of sp³-hybridized carbons (Fsp3) is 0.200. The lowest BCUT2D eigenvalue weighted by molar-refractivity contribution is -0.187. The van der Waals surface area contributed by atoms with Gasteiger partial charge in [0.05, 0.1) is 23.7 Å². The number of hydrogen-bond acceptors (Lipinski definition) is 6. The highest BCUT2D eigenvalue weighted by Crippen LogP contribution is 2.49. The molecule has 1 saturated carbocycles. The SMILES string of the molecule is O=C(O)C1C(C(=O)O)C(C(=O)N(CCc2ccccc2)Cc2ccc(Oc3ccccc3)cc2)C1C(=O)N(CCc1ccccc1)Cc1ccc(Oc2ccccc2)cc1. The summed E-state index contributed by atoms with van der Waals surface area (Å²) in [4.78, 5) is 58.6. The summed E-state index contributed by atoms with van der Waals surface area (Å²) >= 11 is 0. The second-order valence-electron chi connectivity index (χ2n) is 14.9. The standard InChI is InChI=1S/C50H46N2O8/c53-47(51(31-29-35-13-5-1-6-14-35)33-37-21-25-41(26-22-37)59-39-17-9-3-10-18-39)43-44(46(50(57)58)45(43)49(55)56)48(54)52(32-30-36-15-7-2-8-16-36)34-38-23-27-42(28-24-38)60-40-19-11-4-12-20-40/h1-28,43-46H,29-34H2,(H,55,56)(H,57,58). The molecule has 0 aliphatic heterocycles. The second-order valence-corrected chi connectivity index (χ2v) is 14.9. The molecular formula is C50H46N2O8. The maximum atomic E-state index is 14.9. The molecule has 304 valence electrons. The third-order valence-electron chi connectivity index (χ3n) is 10.9. The Bertz CT molecular complexity index is 2170. The molecule has 60 heavy (non-hydrogen) atoms. The number of carboxylic acid groups (broad SMARTS) is 2. The molecule has 10 heteroatoms. The van der Waals surface area contributed by atoms with Crippen LogP contribution in [0.1, 0.15) is 22.3 Å². The largest absolute Gasteiger partial charge is 0.481 e. The van der Waals surface area contributed by atoms with E-state index in [1.54, 1.807) is 34.1 Å². The van der Waals surface area contributed by atoms with E-state index in [0.29, 0.717) is 35.8 Å². The van der Waals surface area contributed by atoms with Crippen molar-refractivity contribution in [1.29, 1.82) is 0 Å². The average molecular weight is 803 g/mol. The van der Waals surface area contributed by atoms with Crippen LogP contribution in [0.4, 0.5) is 0 Å². The van der Waals surface area contributed by atoms with Gasteiger partial charge in [-0.2, -0.15) is 0 Å². The maximum absolute atomic E-state index is 14.9. The predicted molar refractivity (Wildman–Crippen MR) is 226 cm³/mol. The van der Waals surface area contributed by atoms with Crippen molar-refractivity contribution < 1.29 is 38.9 Å². The van der Waals surface area contributed by atoms with Gasteiger partial charge in [0.25, 0.3) is 0 Å². The monoisotopic (exact) mass is 802 g/mol. The molecule has 0 radical (unpaired) electrons. The fourth-order valence-electron chi connectivity index (χ4n) is 7.77. The van der Waals surface area contributed by atoms with Crippen molar-refractivity contribution in [2.24, 2.45) is 23.7 Å². The van der Waals surface area contributed by atoms with E-state index in [-0.39, 0.29) is 26.2 Å². The highest BCUT2D eigenvalue weighted by molar-refractivity contribution is 5.99. The Hall–Kier alpha value is -7.20. The lowest BCUT2D eigenvalue weighted by atomic mass is 9.55. The topological polar surface area (TPSA) is 134 Å². The van der Waals surface area contributed by atoms with Gasteiger partial charge in [0.2, 0.25) is 11.8 Å². The summed E-state index contributed by atoms with van der Waals surface area (Å²) in [5.74, 6) is -7.50. The number of amides is 2. The zero-order chi connectivity index (χ0) is 41.8. The van der Waals surface area contributed by atoms with Crippen LogP contribution in [-0.4, -0.2) is 56.9 Å². The number of nitrogens with zero attached hydrogens (tertiary/aromatic N) is 2. The minimum atomic E-state index is -1.60. The number of carbonyl (C=O) groups is 4. The maximum Gasteiger partial charge on any atom is 0.308 e. The van der Waals surface area contributed by atoms with E-state index < -0.39 is 47.4 Å². The van der Waals surface area contributed by atoms with Crippen LogP contribution in [0.5, 0.6) is 23.0 Å². The number of rotatable bonds is 18. The van der Waals surface area contributed by atoms with Gasteiger partial charge >= 0.3 is 11.9 Å². The molecule has 1 aliphatic carbocycles. The molecular weight excluding hydrogens is 757 g/mol. The number of hydrogen-bond donors (Lipinski definition) is 2. The molecule has 2 N–H and O–H groups in total. The highest BCUT2D eigenvalue weighted by Gasteiger charge is 2.64. The summed E-state index contributed by atoms with van der Waals surface area (Å²) in [5, 5.41) is 21.0. The van der Waals surface area contributed by atoms with Crippen molar-refractivity contribution in [3.8, 4) is 23.0 Å². The van der Waals surface area contributed by atoms with Gasteiger partial charge < -0.3 is 29.5 Å². The lowest BCUT2D eigenvalue weighted by Crippen LogP contribution is -2.64. The zero-order valence-electron chi connectivity index (χ0n) is 33.0. The normalized spacial score (nSPS) is 16.8. The van der Waals surface area contributed by atoms with E-state index in [9.17, 15) is 29.4 Å². The molecule has 2 amide bonds. The van der Waals surface area contributed by atoms with E-state index in [1.165, 1.54) is 0 Å². The molecule has 0 heterocycles. The van der Waals surface area contributed by atoms with E-state index in [0.717, 1.165) is 22.3 Å².